The molecule has 0 fully saturated rings. The molecule has 2 aromatic carbocycles. The molecule has 30 heavy (non-hydrogen) atoms. The average Bonchev–Trinajstić information content (AvgIpc) is 2.91. The number of anilines is 1. The van der Waals surface area contributed by atoms with Gasteiger partial charge in [0.25, 0.3) is 5.69 Å². The first-order chi connectivity index (χ1) is 14.3. The van der Waals surface area contributed by atoms with Crippen LogP contribution in [-0.2, 0) is 5.41 Å². The summed E-state index contributed by atoms with van der Waals surface area (Å²) >= 11 is 0. The molecule has 0 aromatic heterocycles. The van der Waals surface area contributed by atoms with Crippen molar-refractivity contribution in [1.82, 2.24) is 0 Å². The van der Waals surface area contributed by atoms with Crippen LogP contribution >= 0.6 is 0 Å². The Balaban J connectivity index is 0.00000124. The summed E-state index contributed by atoms with van der Waals surface area (Å²) in [5.41, 5.74) is 2.34. The van der Waals surface area contributed by atoms with Crippen LogP contribution in [0.4, 0.5) is 11.4 Å². The average molecular weight is 409 g/mol. The molecular weight excluding hydrogens is 376 g/mol. The van der Waals surface area contributed by atoms with Gasteiger partial charge in [0.2, 0.25) is 5.72 Å². The number of nitrogens with zero attached hydrogens (tertiary/aromatic N) is 2. The minimum Gasteiger partial charge on any atom is -0.463 e. The van der Waals surface area contributed by atoms with Gasteiger partial charge in [0, 0.05) is 29.9 Å². The van der Waals surface area contributed by atoms with Crippen LogP contribution in [0.2, 0.25) is 0 Å². The number of hydrogen-bond acceptors (Lipinski definition) is 4. The van der Waals surface area contributed by atoms with Crippen LogP contribution in [0.3, 0.4) is 0 Å². The zero-order valence-electron chi connectivity index (χ0n) is 18.8. The third-order valence-corrected chi connectivity index (χ3v) is 6.05. The van der Waals surface area contributed by atoms with E-state index in [2.05, 4.69) is 62.9 Å². The first-order valence-electron chi connectivity index (χ1n) is 10.8. The minimum absolute atomic E-state index is 0.0774. The molecule has 160 valence electrons. The van der Waals surface area contributed by atoms with E-state index in [1.165, 1.54) is 17.3 Å². The molecule has 0 radical (unpaired) electrons. The van der Waals surface area contributed by atoms with Gasteiger partial charge < -0.3 is 9.64 Å². The number of para-hydroxylation sites is 1. The molecule has 1 unspecified atom stereocenters. The fourth-order valence-electron chi connectivity index (χ4n) is 4.38. The van der Waals surface area contributed by atoms with Crippen molar-refractivity contribution in [2.45, 2.75) is 59.1 Å². The van der Waals surface area contributed by atoms with Gasteiger partial charge in [0.05, 0.1) is 10.3 Å². The second-order valence-corrected chi connectivity index (χ2v) is 8.59. The van der Waals surface area contributed by atoms with Crippen molar-refractivity contribution in [2.24, 2.45) is 5.92 Å². The highest BCUT2D eigenvalue weighted by molar-refractivity contribution is 5.73. The Bertz CT molecular complexity index is 965. The van der Waals surface area contributed by atoms with Crippen LogP contribution in [0.25, 0.3) is 6.08 Å². The van der Waals surface area contributed by atoms with Crippen molar-refractivity contribution in [3.63, 3.8) is 0 Å². The normalized spacial score (nSPS) is 20.3. The molecule has 0 bridgehead atoms. The lowest BCUT2D eigenvalue weighted by molar-refractivity contribution is -0.384. The number of fused-ring (bicyclic) bond motifs is 2. The van der Waals surface area contributed by atoms with Gasteiger partial charge in [0.15, 0.2) is 0 Å². The fourth-order valence-corrected chi connectivity index (χ4v) is 4.38. The first kappa shape index (κ1) is 21.9. The third kappa shape index (κ3) is 3.36. The minimum atomic E-state index is -0.658. The van der Waals surface area contributed by atoms with E-state index in [-0.39, 0.29) is 16.0 Å². The van der Waals surface area contributed by atoms with Gasteiger partial charge >= 0.3 is 0 Å². The topological polar surface area (TPSA) is 55.6 Å². The Kier molecular flexibility index (Phi) is 5.93. The van der Waals surface area contributed by atoms with Crippen molar-refractivity contribution in [1.29, 1.82) is 0 Å². The van der Waals surface area contributed by atoms with E-state index in [0.717, 1.165) is 18.5 Å². The summed E-state index contributed by atoms with van der Waals surface area (Å²) in [6.07, 6.45) is 5.11. The largest absolute Gasteiger partial charge is 0.463 e. The van der Waals surface area contributed by atoms with Crippen LogP contribution in [-0.4, -0.2) is 17.2 Å². The van der Waals surface area contributed by atoms with Crippen LogP contribution in [0.1, 0.15) is 59.1 Å². The van der Waals surface area contributed by atoms with Crippen molar-refractivity contribution in [3.8, 4) is 5.75 Å². The number of rotatable bonds is 4. The summed E-state index contributed by atoms with van der Waals surface area (Å²) in [4.78, 5) is 13.1. The lowest BCUT2D eigenvalue weighted by atomic mass is 9.76. The Hall–Kier alpha value is -2.82. The van der Waals surface area contributed by atoms with Gasteiger partial charge in [-0.3, -0.25) is 10.1 Å². The quantitative estimate of drug-likeness (QED) is 0.424. The van der Waals surface area contributed by atoms with Gasteiger partial charge in [-0.25, -0.2) is 0 Å². The van der Waals surface area contributed by atoms with Crippen molar-refractivity contribution < 1.29 is 9.66 Å². The van der Waals surface area contributed by atoms with Crippen LogP contribution in [0.5, 0.6) is 5.75 Å². The molecule has 2 aromatic rings. The van der Waals surface area contributed by atoms with E-state index < -0.39 is 5.72 Å². The van der Waals surface area contributed by atoms with Crippen LogP contribution in [0.15, 0.2) is 48.5 Å². The Labute approximate surface area is 179 Å². The van der Waals surface area contributed by atoms with Crippen molar-refractivity contribution in [2.75, 3.05) is 11.4 Å². The SMILES string of the molecule is CC.CC(C)CCN1c2ccccc2C(C)(C)C12C=Cc1cc([N+](=O)[O-])ccc1O2. The summed E-state index contributed by atoms with van der Waals surface area (Å²) in [6.45, 7) is 13.8. The highest BCUT2D eigenvalue weighted by Gasteiger charge is 2.58. The molecule has 5 heteroatoms. The zero-order valence-corrected chi connectivity index (χ0v) is 18.8. The molecule has 0 saturated carbocycles. The lowest BCUT2D eigenvalue weighted by Crippen LogP contribution is -2.59. The molecule has 1 spiro atoms. The maximum absolute atomic E-state index is 11.1. The zero-order chi connectivity index (χ0) is 22.1. The van der Waals surface area contributed by atoms with E-state index in [1.807, 2.05) is 19.9 Å². The van der Waals surface area contributed by atoms with Crippen molar-refractivity contribution >= 4 is 17.5 Å². The molecule has 0 saturated heterocycles. The number of hydrogen-bond donors (Lipinski definition) is 0. The molecule has 5 nitrogen and oxygen atoms in total. The van der Waals surface area contributed by atoms with Gasteiger partial charge in [-0.15, -0.1) is 0 Å². The van der Waals surface area contributed by atoms with E-state index in [0.29, 0.717) is 11.7 Å². The van der Waals surface area contributed by atoms with Gasteiger partial charge in [-0.2, -0.15) is 0 Å². The van der Waals surface area contributed by atoms with Crippen molar-refractivity contribution in [3.05, 3.63) is 69.8 Å². The highest BCUT2D eigenvalue weighted by atomic mass is 16.6. The van der Waals surface area contributed by atoms with Gasteiger partial charge in [-0.1, -0.05) is 45.9 Å². The van der Waals surface area contributed by atoms with Gasteiger partial charge in [0.1, 0.15) is 5.75 Å². The number of benzene rings is 2. The van der Waals surface area contributed by atoms with Crippen LogP contribution < -0.4 is 9.64 Å². The summed E-state index contributed by atoms with van der Waals surface area (Å²) in [6, 6.07) is 13.3. The first-order valence-corrected chi connectivity index (χ1v) is 10.8. The lowest BCUT2D eigenvalue weighted by Gasteiger charge is -2.47. The number of ether oxygens (including phenoxy) is 1. The molecule has 0 N–H and O–H groups in total. The molecular formula is C25H32N2O3. The summed E-state index contributed by atoms with van der Waals surface area (Å²) in [5.74, 6) is 1.26. The summed E-state index contributed by atoms with van der Waals surface area (Å²) in [7, 11) is 0. The monoisotopic (exact) mass is 408 g/mol. The smallest absolute Gasteiger partial charge is 0.270 e. The van der Waals surface area contributed by atoms with Crippen LogP contribution in [0, 0.1) is 16.0 Å². The maximum Gasteiger partial charge on any atom is 0.270 e. The van der Waals surface area contributed by atoms with E-state index in [9.17, 15) is 10.1 Å². The summed E-state index contributed by atoms with van der Waals surface area (Å²) < 4.78 is 6.67. The maximum atomic E-state index is 11.1. The molecule has 2 aliphatic rings. The molecule has 1 atom stereocenters. The predicted octanol–water partition coefficient (Wildman–Crippen LogP) is 6.57. The Morgan fingerprint density at radius 3 is 2.50 bits per heavy atom. The Morgan fingerprint density at radius 2 is 1.83 bits per heavy atom. The number of nitro benzene ring substituents is 1. The standard InChI is InChI=1S/C23H26N2O3.C2H6/c1-16(2)12-14-24-20-8-6-5-7-19(20)22(3,4)23(24)13-11-17-15-18(25(26)27)9-10-21(17)28-23;1-2/h5-11,13,15-16H,12,14H2,1-4H3;1-2H3. The number of non-ortho nitro benzene ring substituents is 1. The molecule has 0 aliphatic carbocycles. The van der Waals surface area contributed by atoms with E-state index in [1.54, 1.807) is 12.1 Å². The van der Waals surface area contributed by atoms with E-state index >= 15 is 0 Å². The van der Waals surface area contributed by atoms with E-state index in [4.69, 9.17) is 4.74 Å². The second-order valence-electron chi connectivity index (χ2n) is 8.59. The number of nitro groups is 1. The molecule has 2 aliphatic heterocycles. The fraction of sp³-hybridized carbons (Fsp3) is 0.440. The molecule has 0 amide bonds. The molecule has 4 rings (SSSR count). The highest BCUT2D eigenvalue weighted by Crippen LogP contribution is 2.55. The van der Waals surface area contributed by atoms with Gasteiger partial charge in [-0.05, 0) is 56.0 Å². The Morgan fingerprint density at radius 1 is 1.13 bits per heavy atom. The molecule has 2 heterocycles. The summed E-state index contributed by atoms with van der Waals surface area (Å²) in [5, 5.41) is 11.1. The predicted molar refractivity (Wildman–Crippen MR) is 123 cm³/mol. The third-order valence-electron chi connectivity index (χ3n) is 6.05. The second kappa shape index (κ2) is 8.13.